The van der Waals surface area contributed by atoms with Crippen molar-refractivity contribution in [2.75, 3.05) is 7.05 Å². The van der Waals surface area contributed by atoms with E-state index in [9.17, 15) is 9.59 Å². The molecule has 7 heteroatoms. The second-order valence-electron chi connectivity index (χ2n) is 5.59. The number of fused-ring (bicyclic) bond motifs is 1. The van der Waals surface area contributed by atoms with Crippen LogP contribution >= 0.6 is 23.1 Å². The number of likely N-dealkylation sites (N-methyl/N-ethyl adjacent to an activating group) is 1. The van der Waals surface area contributed by atoms with Crippen LogP contribution in [0.5, 0.6) is 0 Å². The number of aromatic nitrogens is 1. The Kier molecular flexibility index (Phi) is 5.90. The van der Waals surface area contributed by atoms with E-state index in [2.05, 4.69) is 16.4 Å². The molecule has 0 radical (unpaired) electrons. The smallest absolute Gasteiger partial charge is 0.338 e. The van der Waals surface area contributed by atoms with E-state index >= 15 is 0 Å². The number of hydrogen-bond acceptors (Lipinski definition) is 6. The van der Waals surface area contributed by atoms with Crippen molar-refractivity contribution in [3.8, 4) is 0 Å². The summed E-state index contributed by atoms with van der Waals surface area (Å²) in [6.45, 7) is 1.54. The summed E-state index contributed by atoms with van der Waals surface area (Å²) in [7, 11) is 1.50. The van der Waals surface area contributed by atoms with Crippen LogP contribution in [0.2, 0.25) is 0 Å². The Morgan fingerprint density at radius 2 is 1.92 bits per heavy atom. The highest BCUT2D eigenvalue weighted by Crippen LogP contribution is 2.31. The molecule has 0 saturated carbocycles. The zero-order valence-corrected chi connectivity index (χ0v) is 16.0. The Bertz CT molecular complexity index is 889. The van der Waals surface area contributed by atoms with Gasteiger partial charge in [0, 0.05) is 12.8 Å². The van der Waals surface area contributed by atoms with Crippen molar-refractivity contribution < 1.29 is 14.3 Å². The summed E-state index contributed by atoms with van der Waals surface area (Å²) in [5.74, 6) is -0.0715. The van der Waals surface area contributed by atoms with Gasteiger partial charge in [0.25, 0.3) is 5.91 Å². The molecule has 0 unspecified atom stereocenters. The van der Waals surface area contributed by atoms with E-state index in [1.54, 1.807) is 42.2 Å². The molecule has 1 heterocycles. The molecule has 1 N–H and O–H groups in total. The standard InChI is InChI=1S/C19H18N2O3S2/c1-12(17(22)20-2)24-18(23)14-9-7-13(8-10-14)11-25-19-21-15-5-3-4-6-16(15)26-19/h3-10,12H,11H2,1-2H3,(H,20,22)/t12-/m0/s1. The van der Waals surface area contributed by atoms with Crippen LogP contribution in [0.3, 0.4) is 0 Å². The number of ether oxygens (including phenoxy) is 1. The molecule has 0 fully saturated rings. The lowest BCUT2D eigenvalue weighted by molar-refractivity contribution is -0.128. The van der Waals surface area contributed by atoms with Crippen molar-refractivity contribution in [2.45, 2.75) is 23.1 Å². The van der Waals surface area contributed by atoms with Crippen molar-refractivity contribution in [3.63, 3.8) is 0 Å². The Hall–Kier alpha value is -2.38. The molecule has 1 aromatic heterocycles. The van der Waals surface area contributed by atoms with Crippen LogP contribution in [-0.4, -0.2) is 30.0 Å². The maximum Gasteiger partial charge on any atom is 0.338 e. The third-order valence-corrected chi connectivity index (χ3v) is 5.98. The number of hydrogen-bond donors (Lipinski definition) is 1. The predicted molar refractivity (Wildman–Crippen MR) is 105 cm³/mol. The van der Waals surface area contributed by atoms with Crippen molar-refractivity contribution in [1.82, 2.24) is 10.3 Å². The van der Waals surface area contributed by atoms with Crippen LogP contribution in [0.25, 0.3) is 10.2 Å². The molecule has 26 heavy (non-hydrogen) atoms. The minimum Gasteiger partial charge on any atom is -0.449 e. The Morgan fingerprint density at radius 3 is 2.62 bits per heavy atom. The highest BCUT2D eigenvalue weighted by molar-refractivity contribution is 8.00. The molecule has 134 valence electrons. The van der Waals surface area contributed by atoms with E-state index in [-0.39, 0.29) is 5.91 Å². The van der Waals surface area contributed by atoms with Crippen molar-refractivity contribution in [1.29, 1.82) is 0 Å². The average molecular weight is 386 g/mol. The van der Waals surface area contributed by atoms with Crippen molar-refractivity contribution in [2.24, 2.45) is 0 Å². The third-order valence-electron chi connectivity index (χ3n) is 3.73. The molecular weight excluding hydrogens is 368 g/mol. The number of rotatable bonds is 6. The van der Waals surface area contributed by atoms with Gasteiger partial charge in [-0.05, 0) is 36.8 Å². The fourth-order valence-corrected chi connectivity index (χ4v) is 4.30. The summed E-state index contributed by atoms with van der Waals surface area (Å²) in [4.78, 5) is 28.1. The van der Waals surface area contributed by atoms with E-state index < -0.39 is 12.1 Å². The molecule has 0 aliphatic heterocycles. The zero-order valence-electron chi connectivity index (χ0n) is 14.4. The first-order valence-corrected chi connectivity index (χ1v) is 9.87. The molecule has 0 aliphatic carbocycles. The maximum atomic E-state index is 12.0. The van der Waals surface area contributed by atoms with Gasteiger partial charge in [-0.3, -0.25) is 4.79 Å². The first-order chi connectivity index (χ1) is 12.6. The highest BCUT2D eigenvalue weighted by Gasteiger charge is 2.17. The summed E-state index contributed by atoms with van der Waals surface area (Å²) in [5, 5.41) is 2.45. The molecule has 3 aromatic rings. The van der Waals surface area contributed by atoms with E-state index in [0.29, 0.717) is 5.56 Å². The number of nitrogens with zero attached hydrogens (tertiary/aromatic N) is 1. The molecular formula is C19H18N2O3S2. The number of benzene rings is 2. The molecule has 0 bridgehead atoms. The van der Waals surface area contributed by atoms with Gasteiger partial charge in [-0.2, -0.15) is 0 Å². The largest absolute Gasteiger partial charge is 0.449 e. The van der Waals surface area contributed by atoms with Gasteiger partial charge in [0.05, 0.1) is 15.8 Å². The second-order valence-corrected chi connectivity index (χ2v) is 7.85. The van der Waals surface area contributed by atoms with Gasteiger partial charge in [-0.15, -0.1) is 11.3 Å². The Balaban J connectivity index is 1.58. The third kappa shape index (κ3) is 4.42. The van der Waals surface area contributed by atoms with Crippen molar-refractivity contribution >= 4 is 45.2 Å². The van der Waals surface area contributed by atoms with Crippen LogP contribution in [0, 0.1) is 0 Å². The lowest BCUT2D eigenvalue weighted by Gasteiger charge is -2.11. The van der Waals surface area contributed by atoms with Gasteiger partial charge >= 0.3 is 5.97 Å². The summed E-state index contributed by atoms with van der Waals surface area (Å²) >= 11 is 3.35. The number of carbonyl (C=O) groups is 2. The number of carbonyl (C=O) groups excluding carboxylic acids is 2. The van der Waals surface area contributed by atoms with Gasteiger partial charge < -0.3 is 10.1 Å². The van der Waals surface area contributed by atoms with Gasteiger partial charge in [0.1, 0.15) is 0 Å². The van der Waals surface area contributed by atoms with E-state index in [0.717, 1.165) is 21.2 Å². The molecule has 0 spiro atoms. The van der Waals surface area contributed by atoms with E-state index in [4.69, 9.17) is 4.74 Å². The SMILES string of the molecule is CNC(=O)[C@H](C)OC(=O)c1ccc(CSc2nc3ccccc3s2)cc1. The van der Waals surface area contributed by atoms with Gasteiger partial charge in [-0.25, -0.2) is 9.78 Å². The summed E-state index contributed by atoms with van der Waals surface area (Å²) in [5.41, 5.74) is 2.53. The molecule has 0 aliphatic rings. The normalized spacial score (nSPS) is 11.9. The number of thioether (sulfide) groups is 1. The van der Waals surface area contributed by atoms with Gasteiger partial charge in [0.15, 0.2) is 10.4 Å². The Labute approximate surface area is 159 Å². The predicted octanol–water partition coefficient (Wildman–Crippen LogP) is 3.88. The topological polar surface area (TPSA) is 68.3 Å². The minimum atomic E-state index is -0.818. The number of amides is 1. The highest BCUT2D eigenvalue weighted by atomic mass is 32.2. The van der Waals surface area contributed by atoms with Crippen molar-refractivity contribution in [3.05, 3.63) is 59.7 Å². The Morgan fingerprint density at radius 1 is 1.19 bits per heavy atom. The van der Waals surface area contributed by atoms with Crippen LogP contribution in [0.1, 0.15) is 22.8 Å². The van der Waals surface area contributed by atoms with Crippen LogP contribution < -0.4 is 5.32 Å². The van der Waals surface area contributed by atoms with E-state index in [1.165, 1.54) is 11.7 Å². The monoisotopic (exact) mass is 386 g/mol. The molecule has 0 saturated heterocycles. The number of thiazole rings is 1. The minimum absolute atomic E-state index is 0.331. The zero-order chi connectivity index (χ0) is 18.5. The lowest BCUT2D eigenvalue weighted by atomic mass is 10.1. The van der Waals surface area contributed by atoms with Gasteiger partial charge in [-0.1, -0.05) is 36.0 Å². The number of nitrogens with one attached hydrogen (secondary N) is 1. The van der Waals surface area contributed by atoms with Gasteiger partial charge in [0.2, 0.25) is 0 Å². The maximum absolute atomic E-state index is 12.0. The first-order valence-electron chi connectivity index (χ1n) is 8.06. The van der Waals surface area contributed by atoms with Crippen LogP contribution in [0.15, 0.2) is 52.9 Å². The quantitative estimate of drug-likeness (QED) is 0.514. The average Bonchev–Trinajstić information content (AvgIpc) is 3.09. The number of esters is 1. The first kappa shape index (κ1) is 18.4. The second kappa shape index (κ2) is 8.33. The summed E-state index contributed by atoms with van der Waals surface area (Å²) < 4.78 is 7.33. The molecule has 1 amide bonds. The molecule has 2 aromatic carbocycles. The fourth-order valence-electron chi connectivity index (χ4n) is 2.28. The molecule has 1 atom stereocenters. The van der Waals surface area contributed by atoms with E-state index in [1.807, 2.05) is 30.3 Å². The summed E-state index contributed by atoms with van der Waals surface area (Å²) in [6, 6.07) is 15.3. The molecule has 3 rings (SSSR count). The summed E-state index contributed by atoms with van der Waals surface area (Å²) in [6.07, 6.45) is -0.818. The fraction of sp³-hybridized carbons (Fsp3) is 0.211. The molecule has 5 nitrogen and oxygen atoms in total. The lowest BCUT2D eigenvalue weighted by Crippen LogP contribution is -2.33. The van der Waals surface area contributed by atoms with Crippen LogP contribution in [0.4, 0.5) is 0 Å². The number of para-hydroxylation sites is 1. The van der Waals surface area contributed by atoms with Crippen LogP contribution in [-0.2, 0) is 15.3 Å².